The zero-order valence-electron chi connectivity index (χ0n) is 14.2. The van der Waals surface area contributed by atoms with Crippen molar-refractivity contribution >= 4 is 6.09 Å². The maximum absolute atomic E-state index is 13.3. The number of halogens is 1. The lowest BCUT2D eigenvalue weighted by Crippen LogP contribution is -2.42. The van der Waals surface area contributed by atoms with Gasteiger partial charge in [-0.05, 0) is 63.6 Å². The number of hydrogen-bond donors (Lipinski definition) is 1. The molecule has 0 saturated carbocycles. The van der Waals surface area contributed by atoms with Gasteiger partial charge in [-0.15, -0.1) is 0 Å². The Balaban J connectivity index is 1.81. The second-order valence-corrected chi connectivity index (χ2v) is 7.31. The molecule has 0 unspecified atom stereocenters. The first-order valence-electron chi connectivity index (χ1n) is 8.23. The van der Waals surface area contributed by atoms with Crippen LogP contribution in [0.25, 0.3) is 0 Å². The lowest BCUT2D eigenvalue weighted by molar-refractivity contribution is 0.0179. The number of ether oxygens (including phenoxy) is 1. The van der Waals surface area contributed by atoms with E-state index >= 15 is 0 Å². The summed E-state index contributed by atoms with van der Waals surface area (Å²) in [4.78, 5) is 13.8. The van der Waals surface area contributed by atoms with Crippen LogP contribution in [0.1, 0.15) is 51.6 Å². The zero-order chi connectivity index (χ0) is 17.0. The van der Waals surface area contributed by atoms with Gasteiger partial charge in [-0.2, -0.15) is 0 Å². The van der Waals surface area contributed by atoms with E-state index in [0.717, 1.165) is 24.8 Å². The largest absolute Gasteiger partial charge is 0.444 e. The molecule has 1 heterocycles. The van der Waals surface area contributed by atoms with Gasteiger partial charge in [0, 0.05) is 19.1 Å². The molecule has 1 aliphatic rings. The van der Waals surface area contributed by atoms with E-state index in [2.05, 4.69) is 0 Å². The molecule has 0 bridgehead atoms. The highest BCUT2D eigenvalue weighted by Gasteiger charge is 2.27. The molecule has 1 atom stereocenters. The molecular formula is C18H27FN2O2. The summed E-state index contributed by atoms with van der Waals surface area (Å²) in [7, 11) is 0. The van der Waals surface area contributed by atoms with Crippen molar-refractivity contribution in [1.29, 1.82) is 0 Å². The molecule has 23 heavy (non-hydrogen) atoms. The zero-order valence-corrected chi connectivity index (χ0v) is 14.2. The topological polar surface area (TPSA) is 55.6 Å². The van der Waals surface area contributed by atoms with Crippen molar-refractivity contribution in [3.63, 3.8) is 0 Å². The van der Waals surface area contributed by atoms with Crippen LogP contribution in [0.15, 0.2) is 24.3 Å². The average Bonchev–Trinajstić information content (AvgIpc) is 2.46. The third-order valence-corrected chi connectivity index (χ3v) is 4.13. The van der Waals surface area contributed by atoms with E-state index in [9.17, 15) is 9.18 Å². The van der Waals surface area contributed by atoms with Crippen molar-refractivity contribution in [3.05, 3.63) is 35.6 Å². The third-order valence-electron chi connectivity index (χ3n) is 4.13. The minimum Gasteiger partial charge on any atom is -0.444 e. The second kappa shape index (κ2) is 7.30. The van der Waals surface area contributed by atoms with Crippen LogP contribution >= 0.6 is 0 Å². The van der Waals surface area contributed by atoms with Crippen LogP contribution in [-0.2, 0) is 4.74 Å². The van der Waals surface area contributed by atoms with Crippen LogP contribution in [-0.4, -0.2) is 29.7 Å². The van der Waals surface area contributed by atoms with E-state index in [1.54, 1.807) is 11.0 Å². The minimum atomic E-state index is -0.465. The molecule has 1 amide bonds. The Kier molecular flexibility index (Phi) is 5.63. The smallest absolute Gasteiger partial charge is 0.410 e. The quantitative estimate of drug-likeness (QED) is 0.919. The van der Waals surface area contributed by atoms with Crippen molar-refractivity contribution < 1.29 is 13.9 Å². The molecule has 2 N–H and O–H groups in total. The molecule has 1 saturated heterocycles. The first-order valence-corrected chi connectivity index (χ1v) is 8.23. The fraction of sp³-hybridized carbons (Fsp3) is 0.611. The van der Waals surface area contributed by atoms with Gasteiger partial charge in [0.05, 0.1) is 0 Å². The summed E-state index contributed by atoms with van der Waals surface area (Å²) in [6, 6.07) is 6.32. The summed E-state index contributed by atoms with van der Waals surface area (Å²) < 4.78 is 18.7. The van der Waals surface area contributed by atoms with Gasteiger partial charge in [0.2, 0.25) is 0 Å². The number of piperidine rings is 1. The van der Waals surface area contributed by atoms with E-state index in [0.29, 0.717) is 19.0 Å². The van der Waals surface area contributed by atoms with Crippen LogP contribution in [0.4, 0.5) is 9.18 Å². The summed E-state index contributed by atoms with van der Waals surface area (Å²) in [5, 5.41) is 0. The van der Waals surface area contributed by atoms with Crippen LogP contribution in [0.2, 0.25) is 0 Å². The first-order chi connectivity index (χ1) is 10.7. The van der Waals surface area contributed by atoms with Crippen LogP contribution in [0, 0.1) is 11.7 Å². The van der Waals surface area contributed by atoms with Crippen LogP contribution in [0.3, 0.4) is 0 Å². The molecule has 0 aliphatic carbocycles. The number of nitrogens with zero attached hydrogens (tertiary/aromatic N) is 1. The summed E-state index contributed by atoms with van der Waals surface area (Å²) in [6.07, 6.45) is 2.38. The molecule has 5 heteroatoms. The number of amides is 1. The number of carbonyl (C=O) groups excluding carboxylic acids is 1. The van der Waals surface area contributed by atoms with E-state index in [-0.39, 0.29) is 18.0 Å². The number of likely N-dealkylation sites (tertiary alicyclic amines) is 1. The van der Waals surface area contributed by atoms with Crippen molar-refractivity contribution in [2.75, 3.05) is 13.1 Å². The maximum Gasteiger partial charge on any atom is 0.410 e. The lowest BCUT2D eigenvalue weighted by atomic mass is 9.88. The summed E-state index contributed by atoms with van der Waals surface area (Å²) >= 11 is 0. The molecular weight excluding hydrogens is 295 g/mol. The van der Waals surface area contributed by atoms with E-state index in [4.69, 9.17) is 10.5 Å². The second-order valence-electron chi connectivity index (χ2n) is 7.31. The highest BCUT2D eigenvalue weighted by Crippen LogP contribution is 2.28. The fourth-order valence-electron chi connectivity index (χ4n) is 2.91. The molecule has 2 rings (SSSR count). The van der Waals surface area contributed by atoms with E-state index in [1.165, 1.54) is 12.1 Å². The Morgan fingerprint density at radius 1 is 1.39 bits per heavy atom. The standard InChI is InChI=1S/C18H27FN2O2/c1-18(2,3)23-17(22)21-9-7-13(8-10-21)11-16(20)14-5-4-6-15(19)12-14/h4-6,12-13,16H,7-11,20H2,1-3H3/t16-/m0/s1. The molecule has 0 spiro atoms. The average molecular weight is 322 g/mol. The Bertz CT molecular complexity index is 534. The summed E-state index contributed by atoms with van der Waals surface area (Å²) in [5.41, 5.74) is 6.57. The van der Waals surface area contributed by atoms with Crippen molar-refractivity contribution in [2.24, 2.45) is 11.7 Å². The molecule has 0 radical (unpaired) electrons. The van der Waals surface area contributed by atoms with Gasteiger partial charge in [0.1, 0.15) is 11.4 Å². The molecule has 1 aromatic rings. The molecule has 1 fully saturated rings. The SMILES string of the molecule is CC(C)(C)OC(=O)N1CCC(C[C@H](N)c2cccc(F)c2)CC1. The highest BCUT2D eigenvalue weighted by atomic mass is 19.1. The predicted molar refractivity (Wildman–Crippen MR) is 88.5 cm³/mol. The maximum atomic E-state index is 13.3. The third kappa shape index (κ3) is 5.50. The monoisotopic (exact) mass is 322 g/mol. The van der Waals surface area contributed by atoms with Gasteiger partial charge in [-0.25, -0.2) is 9.18 Å². The van der Waals surface area contributed by atoms with Gasteiger partial charge < -0.3 is 15.4 Å². The van der Waals surface area contributed by atoms with E-state index in [1.807, 2.05) is 26.8 Å². The van der Waals surface area contributed by atoms with Crippen LogP contribution in [0.5, 0.6) is 0 Å². The van der Waals surface area contributed by atoms with Gasteiger partial charge in [-0.3, -0.25) is 0 Å². The predicted octanol–water partition coefficient (Wildman–Crippen LogP) is 3.86. The van der Waals surface area contributed by atoms with Crippen molar-refractivity contribution in [1.82, 2.24) is 4.90 Å². The number of nitrogens with two attached hydrogens (primary N) is 1. The number of rotatable bonds is 3. The summed E-state index contributed by atoms with van der Waals surface area (Å²) in [5.74, 6) is 0.199. The highest BCUT2D eigenvalue weighted by molar-refractivity contribution is 5.68. The fourth-order valence-corrected chi connectivity index (χ4v) is 2.91. The Morgan fingerprint density at radius 2 is 2.04 bits per heavy atom. The van der Waals surface area contributed by atoms with Crippen molar-refractivity contribution in [3.8, 4) is 0 Å². The van der Waals surface area contributed by atoms with Gasteiger partial charge in [0.25, 0.3) is 0 Å². The van der Waals surface area contributed by atoms with Gasteiger partial charge in [-0.1, -0.05) is 12.1 Å². The molecule has 1 aromatic carbocycles. The summed E-state index contributed by atoms with van der Waals surface area (Å²) in [6.45, 7) is 6.99. The van der Waals surface area contributed by atoms with Crippen molar-refractivity contribution in [2.45, 2.75) is 51.7 Å². The number of carbonyl (C=O) groups is 1. The Labute approximate surface area is 137 Å². The van der Waals surface area contributed by atoms with Gasteiger partial charge in [0.15, 0.2) is 0 Å². The Hall–Kier alpha value is -1.62. The number of benzene rings is 1. The van der Waals surface area contributed by atoms with E-state index < -0.39 is 5.60 Å². The molecule has 4 nitrogen and oxygen atoms in total. The number of hydrogen-bond acceptors (Lipinski definition) is 3. The lowest BCUT2D eigenvalue weighted by Gasteiger charge is -2.34. The Morgan fingerprint density at radius 3 is 2.61 bits per heavy atom. The molecule has 128 valence electrons. The minimum absolute atomic E-state index is 0.163. The molecule has 1 aliphatic heterocycles. The first kappa shape index (κ1) is 17.7. The van der Waals surface area contributed by atoms with Crippen LogP contribution < -0.4 is 5.73 Å². The molecule has 0 aromatic heterocycles. The normalized spacial score (nSPS) is 17.9. The van der Waals surface area contributed by atoms with Gasteiger partial charge >= 0.3 is 6.09 Å².